The number of hydrogen-bond donors (Lipinski definition) is 2. The molecule has 1 unspecified atom stereocenters. The maximum Gasteiger partial charge on any atom is 0.227 e. The molecule has 2 fully saturated rings. The lowest BCUT2D eigenvalue weighted by atomic mass is 9.83. The summed E-state index contributed by atoms with van der Waals surface area (Å²) >= 11 is 0. The van der Waals surface area contributed by atoms with E-state index in [2.05, 4.69) is 45.3 Å². The van der Waals surface area contributed by atoms with Crippen molar-refractivity contribution in [1.29, 1.82) is 0 Å². The molecule has 1 amide bonds. The van der Waals surface area contributed by atoms with E-state index in [1.807, 2.05) is 0 Å². The summed E-state index contributed by atoms with van der Waals surface area (Å²) in [5.41, 5.74) is 0.560. The Kier molecular flexibility index (Phi) is 3.25. The fourth-order valence-corrected chi connectivity index (χ4v) is 3.63. The van der Waals surface area contributed by atoms with E-state index in [1.54, 1.807) is 0 Å². The second-order valence-electron chi connectivity index (χ2n) is 7.27. The van der Waals surface area contributed by atoms with Gasteiger partial charge in [-0.15, -0.1) is 0 Å². The van der Waals surface area contributed by atoms with Crippen molar-refractivity contribution in [3.8, 4) is 0 Å². The van der Waals surface area contributed by atoms with Crippen molar-refractivity contribution < 1.29 is 4.79 Å². The van der Waals surface area contributed by atoms with E-state index in [1.165, 1.54) is 0 Å². The van der Waals surface area contributed by atoms with Gasteiger partial charge in [0.15, 0.2) is 0 Å². The highest BCUT2D eigenvalue weighted by Crippen LogP contribution is 2.67. The number of hydrogen-bond acceptors (Lipinski definition) is 2. The average molecular weight is 252 g/mol. The summed E-state index contributed by atoms with van der Waals surface area (Å²) in [6, 6.07) is 0. The highest BCUT2D eigenvalue weighted by molar-refractivity contribution is 5.83. The van der Waals surface area contributed by atoms with Crippen LogP contribution in [0.3, 0.4) is 0 Å². The lowest BCUT2D eigenvalue weighted by Gasteiger charge is -2.25. The summed E-state index contributed by atoms with van der Waals surface area (Å²) in [4.78, 5) is 12.4. The van der Waals surface area contributed by atoms with Gasteiger partial charge in [-0.1, -0.05) is 34.6 Å². The van der Waals surface area contributed by atoms with Crippen LogP contribution in [0.25, 0.3) is 0 Å². The topological polar surface area (TPSA) is 41.1 Å². The van der Waals surface area contributed by atoms with Gasteiger partial charge in [0.2, 0.25) is 5.91 Å². The molecule has 1 heterocycles. The van der Waals surface area contributed by atoms with Crippen molar-refractivity contribution in [3.05, 3.63) is 0 Å². The van der Waals surface area contributed by atoms with Crippen molar-refractivity contribution in [2.45, 2.75) is 47.5 Å². The molecule has 0 radical (unpaired) electrons. The van der Waals surface area contributed by atoms with Crippen molar-refractivity contribution in [1.82, 2.24) is 10.6 Å². The first-order valence-electron chi connectivity index (χ1n) is 7.27. The molecule has 1 atom stereocenters. The van der Waals surface area contributed by atoms with E-state index in [0.29, 0.717) is 16.7 Å². The molecule has 1 saturated heterocycles. The number of carbonyl (C=O) groups is 1. The van der Waals surface area contributed by atoms with Crippen molar-refractivity contribution in [2.75, 3.05) is 19.6 Å². The van der Waals surface area contributed by atoms with Crippen LogP contribution in [0.5, 0.6) is 0 Å². The highest BCUT2D eigenvalue weighted by Gasteiger charge is 2.64. The van der Waals surface area contributed by atoms with Gasteiger partial charge in [0.1, 0.15) is 0 Å². The summed E-state index contributed by atoms with van der Waals surface area (Å²) in [5.74, 6) is 0.866. The van der Waals surface area contributed by atoms with Crippen LogP contribution in [0.2, 0.25) is 0 Å². The number of nitrogens with one attached hydrogen (secondary N) is 2. The van der Waals surface area contributed by atoms with Crippen LogP contribution >= 0.6 is 0 Å². The molecule has 2 rings (SSSR count). The Bertz CT molecular complexity index is 326. The molecule has 3 nitrogen and oxygen atoms in total. The predicted molar refractivity (Wildman–Crippen MR) is 74.3 cm³/mol. The molecule has 2 aliphatic rings. The third-order valence-electron chi connectivity index (χ3n) is 6.19. The van der Waals surface area contributed by atoms with Gasteiger partial charge in [-0.05, 0) is 36.1 Å². The molecule has 0 aromatic carbocycles. The summed E-state index contributed by atoms with van der Waals surface area (Å²) < 4.78 is 0. The minimum absolute atomic E-state index is 0.150. The Hall–Kier alpha value is -0.570. The van der Waals surface area contributed by atoms with Gasteiger partial charge < -0.3 is 10.6 Å². The number of rotatable bonds is 4. The van der Waals surface area contributed by atoms with Crippen LogP contribution in [0.4, 0.5) is 0 Å². The van der Waals surface area contributed by atoms with Crippen LogP contribution in [0.1, 0.15) is 47.5 Å². The zero-order valence-corrected chi connectivity index (χ0v) is 12.5. The monoisotopic (exact) mass is 252 g/mol. The Labute approximate surface area is 111 Å². The lowest BCUT2D eigenvalue weighted by Crippen LogP contribution is -2.43. The zero-order valence-electron chi connectivity index (χ0n) is 12.5. The molecular weight excluding hydrogens is 224 g/mol. The first kappa shape index (κ1) is 13.9. The summed E-state index contributed by atoms with van der Waals surface area (Å²) in [7, 11) is 0. The molecule has 0 spiro atoms. The molecule has 0 aromatic heterocycles. The molecule has 0 bridgehead atoms. The lowest BCUT2D eigenvalue weighted by molar-refractivity contribution is -0.130. The van der Waals surface area contributed by atoms with Crippen LogP contribution in [0.15, 0.2) is 0 Å². The van der Waals surface area contributed by atoms with Crippen molar-refractivity contribution in [3.63, 3.8) is 0 Å². The first-order valence-corrected chi connectivity index (χ1v) is 7.27. The van der Waals surface area contributed by atoms with Gasteiger partial charge in [-0.2, -0.15) is 0 Å². The minimum atomic E-state index is -0.150. The van der Waals surface area contributed by atoms with E-state index in [4.69, 9.17) is 0 Å². The molecule has 1 aliphatic carbocycles. The summed E-state index contributed by atoms with van der Waals surface area (Å²) in [6.45, 7) is 14.0. The quantitative estimate of drug-likeness (QED) is 0.805. The molecular formula is C15H28N2O. The molecule has 104 valence electrons. The molecule has 1 saturated carbocycles. The molecule has 0 aromatic rings. The normalized spacial score (nSPS) is 33.4. The molecule has 1 aliphatic heterocycles. The van der Waals surface area contributed by atoms with E-state index in [9.17, 15) is 4.79 Å². The van der Waals surface area contributed by atoms with Gasteiger partial charge >= 0.3 is 0 Å². The maximum atomic E-state index is 12.4. The van der Waals surface area contributed by atoms with Gasteiger partial charge in [0.25, 0.3) is 0 Å². The van der Waals surface area contributed by atoms with Crippen LogP contribution in [-0.4, -0.2) is 25.5 Å². The largest absolute Gasteiger partial charge is 0.355 e. The smallest absolute Gasteiger partial charge is 0.227 e. The van der Waals surface area contributed by atoms with E-state index < -0.39 is 0 Å². The number of carbonyl (C=O) groups excluding carboxylic acids is 1. The van der Waals surface area contributed by atoms with Gasteiger partial charge in [0, 0.05) is 13.1 Å². The summed E-state index contributed by atoms with van der Waals surface area (Å²) in [5, 5.41) is 6.53. The fraction of sp³-hybridized carbons (Fsp3) is 0.933. The van der Waals surface area contributed by atoms with Crippen LogP contribution < -0.4 is 10.6 Å². The standard InChI is InChI=1S/C15H28N2O/c1-6-15(7-8-16-10-15)12(18)17-9-11-13(2,3)14(11,4)5/h11,16H,6-10H2,1-5H3,(H,17,18). The Balaban J connectivity index is 1.90. The predicted octanol–water partition coefficient (Wildman–Crippen LogP) is 2.17. The first-order chi connectivity index (χ1) is 8.28. The highest BCUT2D eigenvalue weighted by atomic mass is 16.2. The van der Waals surface area contributed by atoms with E-state index in [0.717, 1.165) is 32.5 Å². The maximum absolute atomic E-state index is 12.4. The van der Waals surface area contributed by atoms with Crippen LogP contribution in [0, 0.1) is 22.2 Å². The zero-order chi connectivity index (χ0) is 13.6. The second kappa shape index (κ2) is 4.22. The van der Waals surface area contributed by atoms with Gasteiger partial charge in [-0.25, -0.2) is 0 Å². The third-order valence-corrected chi connectivity index (χ3v) is 6.19. The molecule has 2 N–H and O–H groups in total. The summed E-state index contributed by atoms with van der Waals surface area (Å²) in [6.07, 6.45) is 1.91. The molecule has 18 heavy (non-hydrogen) atoms. The van der Waals surface area contributed by atoms with Crippen molar-refractivity contribution >= 4 is 5.91 Å². The van der Waals surface area contributed by atoms with E-state index in [-0.39, 0.29) is 11.3 Å². The Morgan fingerprint density at radius 3 is 2.28 bits per heavy atom. The third kappa shape index (κ3) is 1.87. The Morgan fingerprint density at radius 2 is 1.89 bits per heavy atom. The van der Waals surface area contributed by atoms with Crippen LogP contribution in [-0.2, 0) is 4.79 Å². The Morgan fingerprint density at radius 1 is 1.28 bits per heavy atom. The van der Waals surface area contributed by atoms with Crippen molar-refractivity contribution in [2.24, 2.45) is 22.2 Å². The van der Waals surface area contributed by atoms with Gasteiger partial charge in [0.05, 0.1) is 5.41 Å². The second-order valence-corrected chi connectivity index (χ2v) is 7.27. The average Bonchev–Trinajstić information content (AvgIpc) is 2.72. The minimum Gasteiger partial charge on any atom is -0.355 e. The SMILES string of the molecule is CCC1(C(=O)NCC2C(C)(C)C2(C)C)CCNC1. The molecule has 3 heteroatoms. The van der Waals surface area contributed by atoms with E-state index >= 15 is 0 Å². The number of amides is 1. The fourth-order valence-electron chi connectivity index (χ4n) is 3.63. The van der Waals surface area contributed by atoms with Gasteiger partial charge in [-0.3, -0.25) is 4.79 Å².